The third-order valence-electron chi connectivity index (χ3n) is 6.53. The molecule has 9 heteroatoms. The first-order valence-electron chi connectivity index (χ1n) is 11.7. The molecule has 0 amide bonds. The summed E-state index contributed by atoms with van der Waals surface area (Å²) in [7, 11) is -3.26. The van der Waals surface area contributed by atoms with E-state index in [4.69, 9.17) is 4.42 Å². The van der Waals surface area contributed by atoms with Gasteiger partial charge in [0, 0.05) is 29.3 Å². The Bertz CT molecular complexity index is 1420. The second-order valence-corrected chi connectivity index (χ2v) is 11.2. The molecule has 35 heavy (non-hydrogen) atoms. The lowest BCUT2D eigenvalue weighted by Crippen LogP contribution is -2.36. The van der Waals surface area contributed by atoms with Crippen LogP contribution in [-0.4, -0.2) is 31.8 Å². The summed E-state index contributed by atoms with van der Waals surface area (Å²) in [4.78, 5) is 24.7. The van der Waals surface area contributed by atoms with E-state index < -0.39 is 16.0 Å². The fourth-order valence-electron chi connectivity index (χ4n) is 4.88. The summed E-state index contributed by atoms with van der Waals surface area (Å²) in [6.45, 7) is 3.81. The minimum absolute atomic E-state index is 0.0230. The highest BCUT2D eigenvalue weighted by Crippen LogP contribution is 2.35. The molecule has 1 atom stereocenters. The molecular weight excluding hydrogens is 468 g/mol. The summed E-state index contributed by atoms with van der Waals surface area (Å²) < 4.78 is 32.1. The number of aromatic carboxylic acids is 1. The Labute approximate surface area is 204 Å². The minimum atomic E-state index is -3.26. The molecule has 0 bridgehead atoms. The molecular formula is C26H30N2O6S. The second kappa shape index (κ2) is 9.83. The maximum Gasteiger partial charge on any atom is 0.337 e. The van der Waals surface area contributed by atoms with Crippen LogP contribution >= 0.6 is 0 Å². The number of aryl methyl sites for hydroxylation is 1. The van der Waals surface area contributed by atoms with Crippen molar-refractivity contribution in [2.45, 2.75) is 57.5 Å². The van der Waals surface area contributed by atoms with Gasteiger partial charge in [-0.05, 0) is 63.3 Å². The lowest BCUT2D eigenvalue weighted by Gasteiger charge is -2.28. The summed E-state index contributed by atoms with van der Waals surface area (Å²) in [5.74, 6) is -0.400. The quantitative estimate of drug-likeness (QED) is 0.436. The maximum absolute atomic E-state index is 13.1. The van der Waals surface area contributed by atoms with Crippen LogP contribution in [0.3, 0.4) is 0 Å². The number of sulfonamides is 1. The van der Waals surface area contributed by atoms with E-state index in [0.29, 0.717) is 48.1 Å². The van der Waals surface area contributed by atoms with Crippen LogP contribution in [0.2, 0.25) is 0 Å². The fraction of sp³-hybridized carbons (Fsp3) is 0.385. The number of anilines is 1. The van der Waals surface area contributed by atoms with E-state index in [-0.39, 0.29) is 29.0 Å². The monoisotopic (exact) mass is 498 g/mol. The zero-order valence-electron chi connectivity index (χ0n) is 20.0. The van der Waals surface area contributed by atoms with Crippen LogP contribution in [0.25, 0.3) is 11.0 Å². The zero-order valence-corrected chi connectivity index (χ0v) is 20.8. The van der Waals surface area contributed by atoms with Crippen LogP contribution < -0.4 is 15.5 Å². The first-order chi connectivity index (χ1) is 16.5. The SMILES string of the molecule is Cc1cc(C(C)Nc2ccccc2C(=O)O)c2oc(C3CCC(NS(C)(=O)=O)CC3)cc(=O)c2c1. The molecule has 2 aromatic carbocycles. The van der Waals surface area contributed by atoms with Gasteiger partial charge in [-0.3, -0.25) is 4.79 Å². The lowest BCUT2D eigenvalue weighted by molar-refractivity contribution is 0.0698. The number of carboxylic acid groups (broad SMARTS) is 1. The molecule has 0 spiro atoms. The molecule has 3 aromatic rings. The number of carboxylic acids is 1. The van der Waals surface area contributed by atoms with Crippen molar-refractivity contribution in [3.05, 3.63) is 75.1 Å². The number of para-hydroxylation sites is 1. The molecule has 1 unspecified atom stereocenters. The van der Waals surface area contributed by atoms with Gasteiger partial charge in [-0.1, -0.05) is 18.2 Å². The van der Waals surface area contributed by atoms with Crippen LogP contribution in [-0.2, 0) is 10.0 Å². The molecule has 0 saturated heterocycles. The Kier molecular flexibility index (Phi) is 7.00. The molecule has 1 aromatic heterocycles. The van der Waals surface area contributed by atoms with Crippen molar-refractivity contribution >= 4 is 32.6 Å². The average molecular weight is 499 g/mol. The van der Waals surface area contributed by atoms with Gasteiger partial charge in [-0.15, -0.1) is 0 Å². The Morgan fingerprint density at radius 1 is 1.11 bits per heavy atom. The Morgan fingerprint density at radius 3 is 2.46 bits per heavy atom. The van der Waals surface area contributed by atoms with Crippen LogP contribution in [0, 0.1) is 6.92 Å². The first kappa shape index (κ1) is 24.9. The number of hydrogen-bond donors (Lipinski definition) is 3. The van der Waals surface area contributed by atoms with Crippen LogP contribution in [0.15, 0.2) is 51.7 Å². The predicted octanol–water partition coefficient (Wildman–Crippen LogP) is 4.55. The van der Waals surface area contributed by atoms with Crippen molar-refractivity contribution in [1.82, 2.24) is 4.72 Å². The summed E-state index contributed by atoms with van der Waals surface area (Å²) in [5.41, 5.74) is 2.69. The van der Waals surface area contributed by atoms with Crippen molar-refractivity contribution in [3.63, 3.8) is 0 Å². The van der Waals surface area contributed by atoms with Crippen LogP contribution in [0.5, 0.6) is 0 Å². The molecule has 3 N–H and O–H groups in total. The smallest absolute Gasteiger partial charge is 0.337 e. The van der Waals surface area contributed by atoms with E-state index in [2.05, 4.69) is 10.0 Å². The van der Waals surface area contributed by atoms with Gasteiger partial charge in [0.1, 0.15) is 11.3 Å². The van der Waals surface area contributed by atoms with Crippen molar-refractivity contribution in [1.29, 1.82) is 0 Å². The topological polar surface area (TPSA) is 126 Å². The standard InChI is InChI=1S/C26H30N2O6S/c1-15-12-20(16(2)27-22-7-5-4-6-19(22)26(30)31)25-21(13-15)23(29)14-24(34-25)17-8-10-18(11-9-17)28-35(3,32)33/h4-7,12-14,16-18,27-28H,8-11H2,1-3H3,(H,30,31). The van der Waals surface area contributed by atoms with Gasteiger partial charge >= 0.3 is 5.97 Å². The van der Waals surface area contributed by atoms with Crippen LogP contribution in [0.1, 0.15) is 71.8 Å². The van der Waals surface area contributed by atoms with Gasteiger partial charge < -0.3 is 14.8 Å². The summed E-state index contributed by atoms with van der Waals surface area (Å²) in [6, 6.07) is 11.6. The number of fused-ring (bicyclic) bond motifs is 1. The zero-order chi connectivity index (χ0) is 25.3. The Hall–Kier alpha value is -3.17. The highest BCUT2D eigenvalue weighted by atomic mass is 32.2. The maximum atomic E-state index is 13.1. The van der Waals surface area contributed by atoms with Gasteiger partial charge in [-0.25, -0.2) is 17.9 Å². The van der Waals surface area contributed by atoms with Crippen molar-refractivity contribution in [2.24, 2.45) is 0 Å². The first-order valence-corrected chi connectivity index (χ1v) is 13.6. The number of rotatable bonds is 7. The third kappa shape index (κ3) is 5.74. The van der Waals surface area contributed by atoms with Crippen molar-refractivity contribution in [3.8, 4) is 0 Å². The molecule has 1 fully saturated rings. The van der Waals surface area contributed by atoms with Gasteiger partial charge in [0.25, 0.3) is 0 Å². The Morgan fingerprint density at radius 2 is 1.80 bits per heavy atom. The summed E-state index contributed by atoms with van der Waals surface area (Å²) >= 11 is 0. The molecule has 1 aliphatic carbocycles. The van der Waals surface area contributed by atoms with Gasteiger partial charge in [0.2, 0.25) is 10.0 Å². The second-order valence-electron chi connectivity index (χ2n) is 9.40. The van der Waals surface area contributed by atoms with Crippen LogP contribution in [0.4, 0.5) is 5.69 Å². The Balaban J connectivity index is 1.67. The number of carbonyl (C=O) groups is 1. The van der Waals surface area contributed by atoms with Gasteiger partial charge in [0.15, 0.2) is 5.43 Å². The average Bonchev–Trinajstić information content (AvgIpc) is 2.78. The predicted molar refractivity (Wildman–Crippen MR) is 136 cm³/mol. The summed E-state index contributed by atoms with van der Waals surface area (Å²) in [6.07, 6.45) is 3.93. The minimum Gasteiger partial charge on any atom is -0.478 e. The van der Waals surface area contributed by atoms with E-state index in [0.717, 1.165) is 17.4 Å². The number of hydrogen-bond acceptors (Lipinski definition) is 6. The molecule has 0 radical (unpaired) electrons. The van der Waals surface area contributed by atoms with Gasteiger partial charge in [0.05, 0.1) is 23.2 Å². The van der Waals surface area contributed by atoms with E-state index in [1.54, 1.807) is 36.4 Å². The highest BCUT2D eigenvalue weighted by Gasteiger charge is 2.27. The molecule has 8 nitrogen and oxygen atoms in total. The van der Waals surface area contributed by atoms with E-state index in [1.165, 1.54) is 0 Å². The molecule has 0 aliphatic heterocycles. The molecule has 1 heterocycles. The van der Waals surface area contributed by atoms with Gasteiger partial charge in [-0.2, -0.15) is 0 Å². The largest absolute Gasteiger partial charge is 0.478 e. The third-order valence-corrected chi connectivity index (χ3v) is 7.29. The molecule has 1 aliphatic rings. The van der Waals surface area contributed by atoms with E-state index in [9.17, 15) is 23.1 Å². The van der Waals surface area contributed by atoms with E-state index >= 15 is 0 Å². The molecule has 4 rings (SSSR count). The molecule has 186 valence electrons. The normalized spacial score (nSPS) is 19.4. The van der Waals surface area contributed by atoms with Crippen molar-refractivity contribution < 1.29 is 22.7 Å². The lowest BCUT2D eigenvalue weighted by atomic mass is 9.84. The number of nitrogens with one attached hydrogen (secondary N) is 2. The molecule has 1 saturated carbocycles. The summed E-state index contributed by atoms with van der Waals surface area (Å²) in [5, 5.41) is 13.3. The fourth-order valence-corrected chi connectivity index (χ4v) is 5.72. The number of benzene rings is 2. The van der Waals surface area contributed by atoms with Crippen molar-refractivity contribution in [2.75, 3.05) is 11.6 Å². The highest BCUT2D eigenvalue weighted by molar-refractivity contribution is 7.88. The van der Waals surface area contributed by atoms with E-state index in [1.807, 2.05) is 19.9 Å².